The van der Waals surface area contributed by atoms with Crippen LogP contribution in [0.25, 0.3) is 9.40 Å². The van der Waals surface area contributed by atoms with Gasteiger partial charge in [0.2, 0.25) is 0 Å². The smallest absolute Gasteiger partial charge is 0.0589 e. The number of hydrogen-bond donors (Lipinski definition) is 1. The summed E-state index contributed by atoms with van der Waals surface area (Å²) in [6.07, 6.45) is 0. The molecule has 0 aromatic carbocycles. The van der Waals surface area contributed by atoms with E-state index in [0.29, 0.717) is 5.92 Å². The molecule has 2 aromatic rings. The van der Waals surface area contributed by atoms with Gasteiger partial charge in [0.1, 0.15) is 0 Å². The van der Waals surface area contributed by atoms with Crippen LogP contribution in [0.5, 0.6) is 0 Å². The van der Waals surface area contributed by atoms with Gasteiger partial charge in [0.25, 0.3) is 0 Å². The molecule has 2 aromatic heterocycles. The predicted octanol–water partition coefficient (Wildman–Crippen LogP) is 4.37. The average Bonchev–Trinajstić information content (AvgIpc) is 2.42. The lowest BCUT2D eigenvalue weighted by atomic mass is 10.2. The lowest BCUT2D eigenvalue weighted by Gasteiger charge is -1.96. The second-order valence-electron chi connectivity index (χ2n) is 3.12. The van der Waals surface area contributed by atoms with Gasteiger partial charge in [0, 0.05) is 14.3 Å². The molecule has 0 aliphatic heterocycles. The van der Waals surface area contributed by atoms with Crippen LogP contribution in [0.2, 0.25) is 0 Å². The van der Waals surface area contributed by atoms with Crippen molar-refractivity contribution in [1.82, 2.24) is 0 Å². The van der Waals surface area contributed by atoms with Gasteiger partial charge in [-0.15, -0.1) is 35.3 Å². The van der Waals surface area contributed by atoms with E-state index < -0.39 is 0 Å². The maximum absolute atomic E-state index is 4.32. The van der Waals surface area contributed by atoms with Crippen molar-refractivity contribution >= 4 is 44.7 Å². The van der Waals surface area contributed by atoms with Crippen molar-refractivity contribution < 1.29 is 0 Å². The van der Waals surface area contributed by atoms with E-state index in [9.17, 15) is 0 Å². The van der Waals surface area contributed by atoms with Crippen molar-refractivity contribution in [2.45, 2.75) is 24.0 Å². The number of rotatable bonds is 1. The van der Waals surface area contributed by atoms with Gasteiger partial charge in [-0.3, -0.25) is 0 Å². The number of thiophene rings is 2. The third-order valence-corrected chi connectivity index (χ3v) is 4.58. The molecule has 0 unspecified atom stereocenters. The molecular formula is C9H10S3. The Morgan fingerprint density at radius 1 is 1.17 bits per heavy atom. The van der Waals surface area contributed by atoms with E-state index in [-0.39, 0.29) is 0 Å². The zero-order valence-electron chi connectivity index (χ0n) is 7.00. The molecule has 12 heavy (non-hydrogen) atoms. The molecule has 0 aliphatic rings. The fourth-order valence-electron chi connectivity index (χ4n) is 1.13. The minimum Gasteiger partial charge on any atom is -0.139 e. The van der Waals surface area contributed by atoms with Gasteiger partial charge in [-0.1, -0.05) is 13.8 Å². The van der Waals surface area contributed by atoms with Gasteiger partial charge in [-0.2, -0.15) is 0 Å². The lowest BCUT2D eigenvalue weighted by molar-refractivity contribution is 0.891. The Balaban J connectivity index is 2.57. The zero-order valence-corrected chi connectivity index (χ0v) is 9.52. The van der Waals surface area contributed by atoms with Crippen LogP contribution in [-0.2, 0) is 0 Å². The molecule has 0 nitrogen and oxygen atoms in total. The number of hydrogen-bond acceptors (Lipinski definition) is 3. The molecule has 2 rings (SSSR count). The van der Waals surface area contributed by atoms with Gasteiger partial charge in [-0.05, 0) is 18.1 Å². The second kappa shape index (κ2) is 3.05. The van der Waals surface area contributed by atoms with E-state index in [4.69, 9.17) is 0 Å². The molecule has 2 heterocycles. The molecule has 0 atom stereocenters. The lowest BCUT2D eigenvalue weighted by Crippen LogP contribution is -1.77. The molecule has 0 bridgehead atoms. The van der Waals surface area contributed by atoms with E-state index in [1.54, 1.807) is 11.3 Å². The monoisotopic (exact) mass is 214 g/mol. The van der Waals surface area contributed by atoms with Crippen LogP contribution in [0.15, 0.2) is 16.3 Å². The van der Waals surface area contributed by atoms with Crippen LogP contribution in [0.3, 0.4) is 0 Å². The van der Waals surface area contributed by atoms with Crippen LogP contribution in [0.4, 0.5) is 0 Å². The van der Waals surface area contributed by atoms with Gasteiger partial charge in [0.05, 0.1) is 4.21 Å². The zero-order chi connectivity index (χ0) is 8.72. The summed E-state index contributed by atoms with van der Waals surface area (Å²) in [5, 5.41) is 0. The minimum absolute atomic E-state index is 0.651. The molecule has 0 fully saturated rings. The summed E-state index contributed by atoms with van der Waals surface area (Å²) in [6, 6.07) is 4.44. The summed E-state index contributed by atoms with van der Waals surface area (Å²) >= 11 is 7.97. The quantitative estimate of drug-likeness (QED) is 0.669. The first kappa shape index (κ1) is 8.60. The number of fused-ring (bicyclic) bond motifs is 1. The SMILES string of the molecule is CC(C)c1cc2sc(S)cc2s1. The van der Waals surface area contributed by atoms with Crippen LogP contribution in [0, 0.1) is 0 Å². The highest BCUT2D eigenvalue weighted by Crippen LogP contribution is 2.37. The highest BCUT2D eigenvalue weighted by Gasteiger charge is 2.07. The van der Waals surface area contributed by atoms with Crippen molar-refractivity contribution in [1.29, 1.82) is 0 Å². The van der Waals surface area contributed by atoms with Crippen LogP contribution < -0.4 is 0 Å². The van der Waals surface area contributed by atoms with Gasteiger partial charge >= 0.3 is 0 Å². The maximum atomic E-state index is 4.32. The Kier molecular flexibility index (Phi) is 2.19. The molecule has 0 radical (unpaired) electrons. The fraction of sp³-hybridized carbons (Fsp3) is 0.333. The highest BCUT2D eigenvalue weighted by atomic mass is 32.2. The fourth-order valence-corrected chi connectivity index (χ4v) is 3.79. The molecule has 0 aliphatic carbocycles. The number of thiol groups is 1. The van der Waals surface area contributed by atoms with Crippen molar-refractivity contribution in [2.24, 2.45) is 0 Å². The van der Waals surface area contributed by atoms with E-state index in [1.165, 1.54) is 14.3 Å². The van der Waals surface area contributed by atoms with E-state index in [1.807, 2.05) is 11.3 Å². The highest BCUT2D eigenvalue weighted by molar-refractivity contribution is 7.83. The summed E-state index contributed by atoms with van der Waals surface area (Å²) in [5.74, 6) is 0.651. The topological polar surface area (TPSA) is 0 Å². The summed E-state index contributed by atoms with van der Waals surface area (Å²) < 4.78 is 3.88. The summed E-state index contributed by atoms with van der Waals surface area (Å²) in [5.41, 5.74) is 0. The molecular weight excluding hydrogens is 204 g/mol. The normalized spacial score (nSPS) is 11.7. The Morgan fingerprint density at radius 3 is 2.42 bits per heavy atom. The second-order valence-corrected chi connectivity index (χ2v) is 6.10. The van der Waals surface area contributed by atoms with E-state index in [2.05, 4.69) is 38.6 Å². The van der Waals surface area contributed by atoms with Crippen molar-refractivity contribution in [3.8, 4) is 0 Å². The molecule has 3 heteroatoms. The first-order valence-electron chi connectivity index (χ1n) is 3.89. The maximum Gasteiger partial charge on any atom is 0.0589 e. The van der Waals surface area contributed by atoms with Crippen LogP contribution in [0.1, 0.15) is 24.6 Å². The summed E-state index contributed by atoms with van der Waals surface area (Å²) in [6.45, 7) is 4.47. The minimum atomic E-state index is 0.651. The van der Waals surface area contributed by atoms with Crippen molar-refractivity contribution in [3.63, 3.8) is 0 Å². The molecule has 0 spiro atoms. The van der Waals surface area contributed by atoms with E-state index >= 15 is 0 Å². The van der Waals surface area contributed by atoms with Crippen LogP contribution >= 0.6 is 35.3 Å². The third kappa shape index (κ3) is 1.41. The molecule has 0 N–H and O–H groups in total. The molecule has 0 amide bonds. The van der Waals surface area contributed by atoms with Gasteiger partial charge in [-0.25, -0.2) is 0 Å². The Labute approximate surface area is 85.6 Å². The largest absolute Gasteiger partial charge is 0.139 e. The molecule has 0 saturated heterocycles. The average molecular weight is 214 g/mol. The van der Waals surface area contributed by atoms with Crippen LogP contribution in [-0.4, -0.2) is 0 Å². The standard InChI is InChI=1S/C9H10S3/c1-5(2)6-3-7-8(11-6)4-9(10)12-7/h3-5,10H,1-2H3. The Morgan fingerprint density at radius 2 is 1.83 bits per heavy atom. The van der Waals surface area contributed by atoms with Gasteiger partial charge in [0.15, 0.2) is 0 Å². The first-order chi connectivity index (χ1) is 5.66. The Hall–Kier alpha value is 0.01000. The Bertz CT molecular complexity index is 363. The summed E-state index contributed by atoms with van der Waals surface area (Å²) in [7, 11) is 0. The molecule has 64 valence electrons. The van der Waals surface area contributed by atoms with E-state index in [0.717, 1.165) is 4.21 Å². The predicted molar refractivity (Wildman–Crippen MR) is 61.0 cm³/mol. The first-order valence-corrected chi connectivity index (χ1v) is 5.97. The third-order valence-electron chi connectivity index (χ3n) is 1.78. The van der Waals surface area contributed by atoms with Crippen molar-refractivity contribution in [2.75, 3.05) is 0 Å². The molecule has 0 saturated carbocycles. The summed E-state index contributed by atoms with van der Waals surface area (Å²) in [4.78, 5) is 1.48. The van der Waals surface area contributed by atoms with Crippen molar-refractivity contribution in [3.05, 3.63) is 17.0 Å². The van der Waals surface area contributed by atoms with Gasteiger partial charge < -0.3 is 0 Å².